The molecule has 0 fully saturated rings. The molecule has 1 nitrogen and oxygen atoms in total. The Hall–Kier alpha value is 1.23. The first-order valence-electron chi connectivity index (χ1n) is 1.80. The Balaban J connectivity index is -0.00000000800. The Bertz CT molecular complexity index is 27.6. The standard InChI is InChI=1S/C4H10O.3CH3.V.W/c1-4(2)5-3;;;;;/h4H,1-3H3;3*1H3;;/q;3*-1;+2;. The molecule has 0 aliphatic carbocycles. The van der Waals surface area contributed by atoms with Gasteiger partial charge in [0.05, 0.1) is 6.10 Å². The normalized spacial score (nSPS) is 4.80. The Kier molecular flexibility index (Phi) is 137. The molecular formula is C7H19OVW-. The number of rotatable bonds is 1. The Morgan fingerprint density at radius 2 is 1.10 bits per heavy atom. The summed E-state index contributed by atoms with van der Waals surface area (Å²) in [6.07, 6.45) is 0.384. The summed E-state index contributed by atoms with van der Waals surface area (Å²) in [7, 11) is 1.70. The first kappa shape index (κ1) is 43.0. The molecule has 0 spiro atoms. The quantitative estimate of drug-likeness (QED) is 0.658. The summed E-state index contributed by atoms with van der Waals surface area (Å²) in [4.78, 5) is 0. The van der Waals surface area contributed by atoms with Gasteiger partial charge in [-0.3, -0.25) is 0 Å². The van der Waals surface area contributed by atoms with E-state index in [1.807, 2.05) is 13.8 Å². The van der Waals surface area contributed by atoms with Crippen molar-refractivity contribution in [1.82, 2.24) is 0 Å². The zero-order chi connectivity index (χ0) is 4.28. The molecule has 0 aromatic heterocycles. The summed E-state index contributed by atoms with van der Waals surface area (Å²) >= 11 is 0. The van der Waals surface area contributed by atoms with Gasteiger partial charge in [0.2, 0.25) is 0 Å². The fourth-order valence-corrected chi connectivity index (χ4v) is 0. The molecule has 0 unspecified atom stereocenters. The summed E-state index contributed by atoms with van der Waals surface area (Å²) < 4.78 is 4.75. The minimum atomic E-state index is 0. The van der Waals surface area contributed by atoms with Gasteiger partial charge in [0.1, 0.15) is 0 Å². The average molecular weight is 354 g/mol. The largest absolute Gasteiger partial charge is 2.00 e. The fourth-order valence-electron chi connectivity index (χ4n) is 0. The first-order valence-corrected chi connectivity index (χ1v) is 1.80. The van der Waals surface area contributed by atoms with Gasteiger partial charge in [-0.2, -0.15) is 0 Å². The van der Waals surface area contributed by atoms with E-state index in [0.29, 0.717) is 6.10 Å². The smallest absolute Gasteiger partial charge is 0.382 e. The van der Waals surface area contributed by atoms with Crippen LogP contribution < -0.4 is 0 Å². The third-order valence-electron chi connectivity index (χ3n) is 0.471. The van der Waals surface area contributed by atoms with Gasteiger partial charge in [0.15, 0.2) is 0 Å². The molecule has 10 heavy (non-hydrogen) atoms. The third kappa shape index (κ3) is 59.9. The van der Waals surface area contributed by atoms with Gasteiger partial charge in [-0.1, -0.05) is 0 Å². The Labute approximate surface area is 93.5 Å². The van der Waals surface area contributed by atoms with Crippen LogP contribution in [0.15, 0.2) is 0 Å². The molecule has 0 heterocycles. The molecule has 3 heteroatoms. The van der Waals surface area contributed by atoms with Gasteiger partial charge < -0.3 is 27.0 Å². The molecule has 0 N–H and O–H groups in total. The maximum atomic E-state index is 4.75. The van der Waals surface area contributed by atoms with Crippen LogP contribution in [0.4, 0.5) is 0 Å². The maximum absolute atomic E-state index is 4.75. The van der Waals surface area contributed by atoms with Crippen molar-refractivity contribution in [3.05, 3.63) is 22.3 Å². The fraction of sp³-hybridized carbons (Fsp3) is 0.571. The van der Waals surface area contributed by atoms with E-state index in [0.717, 1.165) is 0 Å². The van der Waals surface area contributed by atoms with Gasteiger partial charge in [-0.15, -0.1) is 0 Å². The van der Waals surface area contributed by atoms with Gasteiger partial charge in [0.25, 0.3) is 0 Å². The minimum Gasteiger partial charge on any atom is -0.382 e. The van der Waals surface area contributed by atoms with Crippen LogP contribution in [-0.4, -0.2) is 13.2 Å². The van der Waals surface area contributed by atoms with Crippen molar-refractivity contribution >= 4 is 0 Å². The summed E-state index contributed by atoms with van der Waals surface area (Å²) in [5.41, 5.74) is 0. The molecule has 65 valence electrons. The van der Waals surface area contributed by atoms with Crippen LogP contribution in [0.2, 0.25) is 0 Å². The Morgan fingerprint density at radius 3 is 1.10 bits per heavy atom. The molecule has 0 aliphatic rings. The predicted molar refractivity (Wildman–Crippen MR) is 41.4 cm³/mol. The molecular weight excluding hydrogens is 335 g/mol. The first-order chi connectivity index (χ1) is 2.27. The Morgan fingerprint density at radius 1 is 1.00 bits per heavy atom. The zero-order valence-corrected chi connectivity index (χ0v) is 12.2. The van der Waals surface area contributed by atoms with Gasteiger partial charge in [0, 0.05) is 28.2 Å². The van der Waals surface area contributed by atoms with E-state index in [1.165, 1.54) is 0 Å². The van der Waals surface area contributed by atoms with E-state index in [1.54, 1.807) is 7.11 Å². The number of hydrogen-bond donors (Lipinski definition) is 0. The second kappa shape index (κ2) is 31.9. The predicted octanol–water partition coefficient (Wildman–Crippen LogP) is 2.39. The molecule has 0 aliphatic heterocycles. The van der Waals surface area contributed by atoms with Gasteiger partial charge in [-0.05, 0) is 13.8 Å². The topological polar surface area (TPSA) is 9.23 Å². The van der Waals surface area contributed by atoms with E-state index < -0.39 is 0 Å². The SMILES string of the molecule is COC(C)C.[CH3-].[CH3-].[CH3-].[V+2].[W]. The molecule has 0 aromatic carbocycles. The van der Waals surface area contributed by atoms with Gasteiger partial charge >= 0.3 is 18.6 Å². The summed E-state index contributed by atoms with van der Waals surface area (Å²) in [6, 6.07) is 0. The van der Waals surface area contributed by atoms with E-state index in [-0.39, 0.29) is 61.9 Å². The van der Waals surface area contributed by atoms with Crippen LogP contribution in [0.3, 0.4) is 0 Å². The average Bonchev–Trinajstić information content (AvgIpc) is 1.38. The second-order valence-electron chi connectivity index (χ2n) is 1.28. The zero-order valence-electron chi connectivity index (χ0n) is 7.84. The van der Waals surface area contributed by atoms with Crippen molar-refractivity contribution in [3.8, 4) is 0 Å². The molecule has 0 aromatic rings. The van der Waals surface area contributed by atoms with Crippen LogP contribution in [0.5, 0.6) is 0 Å². The molecule has 0 saturated heterocycles. The van der Waals surface area contributed by atoms with E-state index >= 15 is 0 Å². The number of methoxy groups -OCH3 is 1. The van der Waals surface area contributed by atoms with Crippen molar-refractivity contribution in [3.63, 3.8) is 0 Å². The second-order valence-corrected chi connectivity index (χ2v) is 1.28. The van der Waals surface area contributed by atoms with Crippen molar-refractivity contribution in [2.75, 3.05) is 7.11 Å². The molecule has 0 amide bonds. The minimum absolute atomic E-state index is 0. The van der Waals surface area contributed by atoms with E-state index in [4.69, 9.17) is 4.74 Å². The van der Waals surface area contributed by atoms with Gasteiger partial charge in [-0.25, -0.2) is 0 Å². The van der Waals surface area contributed by atoms with Crippen molar-refractivity contribution < 1.29 is 44.4 Å². The third-order valence-corrected chi connectivity index (χ3v) is 0.471. The number of ether oxygens (including phenoxy) is 1. The monoisotopic (exact) mass is 354 g/mol. The van der Waals surface area contributed by atoms with E-state index in [9.17, 15) is 0 Å². The molecule has 0 saturated carbocycles. The summed E-state index contributed by atoms with van der Waals surface area (Å²) in [6.45, 7) is 4.00. The summed E-state index contributed by atoms with van der Waals surface area (Å²) in [5, 5.41) is 0. The number of hydrogen-bond acceptors (Lipinski definition) is 1. The summed E-state index contributed by atoms with van der Waals surface area (Å²) in [5.74, 6) is 0. The molecule has 0 rings (SSSR count). The van der Waals surface area contributed by atoms with Crippen LogP contribution in [0, 0.1) is 22.3 Å². The van der Waals surface area contributed by atoms with Crippen LogP contribution >= 0.6 is 0 Å². The van der Waals surface area contributed by atoms with Crippen molar-refractivity contribution in [2.24, 2.45) is 0 Å². The van der Waals surface area contributed by atoms with Crippen molar-refractivity contribution in [2.45, 2.75) is 20.0 Å². The van der Waals surface area contributed by atoms with E-state index in [2.05, 4.69) is 0 Å². The van der Waals surface area contributed by atoms with Crippen LogP contribution in [-0.2, 0) is 44.4 Å². The van der Waals surface area contributed by atoms with Crippen LogP contribution in [0.1, 0.15) is 13.8 Å². The maximum Gasteiger partial charge on any atom is 2.00 e. The molecule has 1 radical (unpaired) electrons. The van der Waals surface area contributed by atoms with Crippen LogP contribution in [0.25, 0.3) is 0 Å². The van der Waals surface area contributed by atoms with Crippen molar-refractivity contribution in [1.29, 1.82) is 0 Å². The molecule has 0 bridgehead atoms. The molecule has 0 atom stereocenters.